The lowest BCUT2D eigenvalue weighted by Crippen LogP contribution is -2.53. The molecule has 0 radical (unpaired) electrons. The summed E-state index contributed by atoms with van der Waals surface area (Å²) >= 11 is 0. The number of methoxy groups -OCH3 is 1. The molecule has 5 heterocycles. The van der Waals surface area contributed by atoms with Crippen molar-refractivity contribution < 1.29 is 9.57 Å². The number of anilines is 4. The average Bonchev–Trinajstić information content (AvgIpc) is 3.79. The Morgan fingerprint density at radius 3 is 2.56 bits per heavy atom. The maximum atomic E-state index is 5.98. The second-order valence-electron chi connectivity index (χ2n) is 11.7. The number of nitrogens with zero attached hydrogens (tertiary/aromatic N) is 6. The van der Waals surface area contributed by atoms with E-state index >= 15 is 0 Å². The van der Waals surface area contributed by atoms with Gasteiger partial charge in [0.1, 0.15) is 17.9 Å². The first kappa shape index (κ1) is 26.5. The van der Waals surface area contributed by atoms with E-state index < -0.39 is 0 Å². The zero-order valence-electron chi connectivity index (χ0n) is 24.2. The summed E-state index contributed by atoms with van der Waals surface area (Å²) in [5.41, 5.74) is 3.31. The number of rotatable bonds is 8. The third-order valence-electron chi connectivity index (χ3n) is 9.52. The Morgan fingerprint density at radius 1 is 0.951 bits per heavy atom. The van der Waals surface area contributed by atoms with E-state index in [2.05, 4.69) is 79.4 Å². The summed E-state index contributed by atoms with van der Waals surface area (Å²) in [7, 11) is 1.73. The summed E-state index contributed by atoms with van der Waals surface area (Å²) in [6.07, 6.45) is 6.32. The molecule has 0 aliphatic carbocycles. The molecule has 9 heteroatoms. The van der Waals surface area contributed by atoms with E-state index in [1.807, 2.05) is 17.2 Å². The van der Waals surface area contributed by atoms with Crippen molar-refractivity contribution in [2.45, 2.75) is 56.8 Å². The number of benzene rings is 2. The molecular weight excluding hydrogens is 514 g/mol. The molecule has 0 amide bonds. The van der Waals surface area contributed by atoms with Crippen LogP contribution in [-0.4, -0.2) is 84.3 Å². The molecule has 3 atom stereocenters. The fraction of sp³-hybridized carbons (Fsp3) is 0.500. The fourth-order valence-electron chi connectivity index (χ4n) is 7.40. The van der Waals surface area contributed by atoms with E-state index in [1.165, 1.54) is 50.1 Å². The van der Waals surface area contributed by atoms with Gasteiger partial charge in [-0.2, -0.15) is 0 Å². The SMILES string of the molecule is CCN1C[C@H]2C[C@@H]1CN2C1CCN(c2ccc(Nc3cc(N4OCCC4c4ccccc4)ncn3)c(OC)c2)CC1. The number of fused-ring (bicyclic) bond motifs is 2. The highest BCUT2D eigenvalue weighted by molar-refractivity contribution is 5.70. The van der Waals surface area contributed by atoms with E-state index in [9.17, 15) is 0 Å². The Balaban J connectivity index is 1.00. The highest BCUT2D eigenvalue weighted by Crippen LogP contribution is 2.38. The van der Waals surface area contributed by atoms with Crippen molar-refractivity contribution >= 4 is 23.0 Å². The van der Waals surface area contributed by atoms with Crippen LogP contribution in [0, 0.1) is 0 Å². The maximum absolute atomic E-state index is 5.98. The molecule has 4 fully saturated rings. The average molecular weight is 556 g/mol. The van der Waals surface area contributed by atoms with Crippen LogP contribution in [0.4, 0.5) is 23.0 Å². The van der Waals surface area contributed by atoms with Crippen LogP contribution >= 0.6 is 0 Å². The van der Waals surface area contributed by atoms with Gasteiger partial charge in [0.05, 0.1) is 25.4 Å². The number of hydrogen-bond acceptors (Lipinski definition) is 9. The molecular formula is C32H41N7O2. The van der Waals surface area contributed by atoms with Crippen molar-refractivity contribution in [1.29, 1.82) is 0 Å². The Labute approximate surface area is 243 Å². The van der Waals surface area contributed by atoms with Crippen LogP contribution in [0.2, 0.25) is 0 Å². The van der Waals surface area contributed by atoms with Crippen molar-refractivity contribution in [3.63, 3.8) is 0 Å². The predicted molar refractivity (Wildman–Crippen MR) is 162 cm³/mol. The van der Waals surface area contributed by atoms with E-state index in [1.54, 1.807) is 13.4 Å². The van der Waals surface area contributed by atoms with Gasteiger partial charge in [-0.05, 0) is 43.5 Å². The molecule has 1 aromatic heterocycles. The lowest BCUT2D eigenvalue weighted by molar-refractivity contribution is 0.0834. The zero-order chi connectivity index (χ0) is 27.8. The largest absolute Gasteiger partial charge is 0.494 e. The molecule has 2 bridgehead atoms. The third-order valence-corrected chi connectivity index (χ3v) is 9.52. The molecule has 4 aliphatic rings. The minimum atomic E-state index is 0.128. The van der Waals surface area contributed by atoms with Crippen LogP contribution < -0.4 is 20.0 Å². The van der Waals surface area contributed by atoms with Gasteiger partial charge >= 0.3 is 0 Å². The van der Waals surface area contributed by atoms with Crippen molar-refractivity contribution in [3.05, 3.63) is 66.5 Å². The van der Waals surface area contributed by atoms with Crippen LogP contribution in [0.25, 0.3) is 0 Å². The van der Waals surface area contributed by atoms with Crippen LogP contribution in [0.3, 0.4) is 0 Å². The van der Waals surface area contributed by atoms with Crippen molar-refractivity contribution in [2.75, 3.05) is 61.7 Å². The summed E-state index contributed by atoms with van der Waals surface area (Å²) in [4.78, 5) is 23.0. The van der Waals surface area contributed by atoms with E-state index in [0.717, 1.165) is 54.9 Å². The monoisotopic (exact) mass is 555 g/mol. The Hall–Kier alpha value is -3.40. The minimum absolute atomic E-state index is 0.128. The summed E-state index contributed by atoms with van der Waals surface area (Å²) in [5.74, 6) is 2.24. The van der Waals surface area contributed by atoms with Gasteiger partial charge in [0.15, 0.2) is 5.82 Å². The van der Waals surface area contributed by atoms with Crippen LogP contribution in [0.5, 0.6) is 5.75 Å². The topological polar surface area (TPSA) is 69.2 Å². The van der Waals surface area contributed by atoms with Gasteiger partial charge in [-0.25, -0.2) is 15.0 Å². The highest BCUT2D eigenvalue weighted by atomic mass is 16.7. The number of hydrogen-bond donors (Lipinski definition) is 1. The van der Waals surface area contributed by atoms with Gasteiger partial charge in [0, 0.05) is 68.5 Å². The summed E-state index contributed by atoms with van der Waals surface area (Å²) < 4.78 is 5.83. The fourth-order valence-corrected chi connectivity index (χ4v) is 7.40. The van der Waals surface area contributed by atoms with E-state index in [-0.39, 0.29) is 6.04 Å². The van der Waals surface area contributed by atoms with Gasteiger partial charge in [-0.1, -0.05) is 37.3 Å². The molecule has 41 heavy (non-hydrogen) atoms. The van der Waals surface area contributed by atoms with Gasteiger partial charge in [-0.15, -0.1) is 0 Å². The number of piperidine rings is 1. The smallest absolute Gasteiger partial charge is 0.158 e. The van der Waals surface area contributed by atoms with Crippen LogP contribution in [0.1, 0.15) is 44.2 Å². The first-order chi connectivity index (χ1) is 20.2. The molecule has 4 saturated heterocycles. The molecule has 4 aliphatic heterocycles. The summed E-state index contributed by atoms with van der Waals surface area (Å²) in [5, 5.41) is 5.35. The molecule has 3 aromatic rings. The van der Waals surface area contributed by atoms with Gasteiger partial charge in [0.25, 0.3) is 0 Å². The maximum Gasteiger partial charge on any atom is 0.158 e. The first-order valence-electron chi connectivity index (χ1n) is 15.2. The molecule has 0 spiro atoms. The zero-order valence-corrected chi connectivity index (χ0v) is 24.2. The summed E-state index contributed by atoms with van der Waals surface area (Å²) in [6, 6.07) is 21.2. The third kappa shape index (κ3) is 5.22. The van der Waals surface area contributed by atoms with Gasteiger partial charge < -0.3 is 15.0 Å². The predicted octanol–water partition coefficient (Wildman–Crippen LogP) is 4.86. The second kappa shape index (κ2) is 11.5. The second-order valence-corrected chi connectivity index (χ2v) is 11.7. The number of piperazine rings is 1. The quantitative estimate of drug-likeness (QED) is 0.420. The minimum Gasteiger partial charge on any atom is -0.494 e. The van der Waals surface area contributed by atoms with Crippen LogP contribution in [0.15, 0.2) is 60.9 Å². The number of aromatic nitrogens is 2. The Kier molecular flexibility index (Phi) is 7.41. The molecule has 7 rings (SSSR count). The Morgan fingerprint density at radius 2 is 1.80 bits per heavy atom. The lowest BCUT2D eigenvalue weighted by Gasteiger charge is -2.43. The number of likely N-dealkylation sites (N-methyl/N-ethyl adjacent to an activating group) is 1. The molecule has 2 aromatic carbocycles. The van der Waals surface area contributed by atoms with Gasteiger partial charge in [-0.3, -0.25) is 14.6 Å². The summed E-state index contributed by atoms with van der Waals surface area (Å²) in [6.45, 7) is 8.85. The molecule has 1 N–H and O–H groups in total. The van der Waals surface area contributed by atoms with Crippen molar-refractivity contribution in [1.82, 2.24) is 19.8 Å². The highest BCUT2D eigenvalue weighted by Gasteiger charge is 2.45. The van der Waals surface area contributed by atoms with Gasteiger partial charge in [0.2, 0.25) is 0 Å². The molecule has 9 nitrogen and oxygen atoms in total. The molecule has 216 valence electrons. The number of likely N-dealkylation sites (tertiary alicyclic amines) is 2. The number of hydroxylamine groups is 1. The van der Waals surface area contributed by atoms with Crippen LogP contribution in [-0.2, 0) is 4.84 Å². The first-order valence-corrected chi connectivity index (χ1v) is 15.2. The lowest BCUT2D eigenvalue weighted by atomic mass is 10.0. The van der Waals surface area contributed by atoms with E-state index in [0.29, 0.717) is 12.4 Å². The normalized spacial score (nSPS) is 25.3. The molecule has 1 unspecified atom stereocenters. The van der Waals surface area contributed by atoms with Crippen molar-refractivity contribution in [3.8, 4) is 5.75 Å². The standard InChI is InChI=1S/C32H41N7O2/c1-3-36-20-27-17-26(36)21-38(27)24-11-14-37(15-12-24)25-9-10-28(30(18-25)40-2)35-31-19-32(34-22-33-31)39-29(13-16-41-39)23-7-5-4-6-8-23/h4-10,18-19,22,24,26-27,29H,3,11-17,20-21H2,1-2H3,(H,33,34,35)/t26-,27-,29?/m1/s1. The number of nitrogens with one attached hydrogen (secondary N) is 1. The van der Waals surface area contributed by atoms with E-state index in [4.69, 9.17) is 9.57 Å². The number of ether oxygens (including phenoxy) is 1. The molecule has 0 saturated carbocycles. The van der Waals surface area contributed by atoms with Crippen molar-refractivity contribution in [2.24, 2.45) is 0 Å². The Bertz CT molecular complexity index is 1330.